The first-order valence-corrected chi connectivity index (χ1v) is 9.05. The summed E-state index contributed by atoms with van der Waals surface area (Å²) in [6.45, 7) is 2.64. The number of nitrogens with two attached hydrogens (primary N) is 1. The zero-order valence-corrected chi connectivity index (χ0v) is 16.5. The Morgan fingerprint density at radius 3 is 2.43 bits per heavy atom. The normalized spacial score (nSPS) is 13.7. The number of nitrogens with zero attached hydrogens (tertiary/aromatic N) is 1. The predicted octanol–water partition coefficient (Wildman–Crippen LogP) is 2.41. The molecule has 0 fully saturated rings. The van der Waals surface area contributed by atoms with Crippen LogP contribution >= 0.6 is 12.4 Å². The number of carbonyl (C=O) groups is 3. The molecular weight excluding hydrogens is 378 g/mol. The molecular formula is C21H24ClN3O3. The van der Waals surface area contributed by atoms with Crippen LogP contribution in [-0.4, -0.2) is 41.8 Å². The first kappa shape index (κ1) is 21.6. The zero-order chi connectivity index (χ0) is 19.4. The molecule has 28 heavy (non-hydrogen) atoms. The largest absolute Gasteiger partial charge is 0.352 e. The van der Waals surface area contributed by atoms with E-state index < -0.39 is 0 Å². The average Bonchev–Trinajstić information content (AvgIpc) is 2.90. The van der Waals surface area contributed by atoms with Crippen LogP contribution in [-0.2, 0) is 6.42 Å². The Morgan fingerprint density at radius 2 is 1.75 bits per heavy atom. The molecule has 0 aliphatic carbocycles. The van der Waals surface area contributed by atoms with E-state index in [0.29, 0.717) is 37.1 Å². The van der Waals surface area contributed by atoms with E-state index in [9.17, 15) is 14.4 Å². The Morgan fingerprint density at radius 1 is 1.07 bits per heavy atom. The second-order valence-electron chi connectivity index (χ2n) is 6.78. The van der Waals surface area contributed by atoms with E-state index in [0.717, 1.165) is 5.56 Å². The minimum absolute atomic E-state index is 0. The van der Waals surface area contributed by atoms with E-state index in [1.807, 2.05) is 37.3 Å². The van der Waals surface area contributed by atoms with E-state index in [2.05, 4.69) is 5.32 Å². The lowest BCUT2D eigenvalue weighted by molar-refractivity contribution is 0.0656. The highest BCUT2D eigenvalue weighted by Gasteiger charge is 2.35. The third kappa shape index (κ3) is 4.77. The first-order chi connectivity index (χ1) is 13.0. The minimum atomic E-state index is -0.351. The van der Waals surface area contributed by atoms with Crippen LogP contribution < -0.4 is 11.1 Å². The fraction of sp³-hybridized carbons (Fsp3) is 0.286. The second kappa shape index (κ2) is 9.48. The Bertz CT molecular complexity index is 868. The number of imide groups is 1. The molecule has 6 nitrogen and oxygen atoms in total. The molecule has 3 amide bonds. The molecule has 1 heterocycles. The van der Waals surface area contributed by atoms with Gasteiger partial charge in [-0.15, -0.1) is 12.4 Å². The number of fused-ring (bicyclic) bond motifs is 1. The zero-order valence-electron chi connectivity index (χ0n) is 15.7. The number of nitrogens with one attached hydrogen (secondary N) is 1. The summed E-state index contributed by atoms with van der Waals surface area (Å²) in [5.74, 6) is -0.938. The summed E-state index contributed by atoms with van der Waals surface area (Å²) >= 11 is 0. The van der Waals surface area contributed by atoms with Crippen LogP contribution in [0.5, 0.6) is 0 Å². The fourth-order valence-electron chi connectivity index (χ4n) is 3.04. The molecule has 0 radical (unpaired) electrons. The van der Waals surface area contributed by atoms with Gasteiger partial charge in [-0.1, -0.05) is 30.3 Å². The maximum atomic E-state index is 12.7. The van der Waals surface area contributed by atoms with E-state index in [-0.39, 0.29) is 41.7 Å². The van der Waals surface area contributed by atoms with Gasteiger partial charge >= 0.3 is 0 Å². The Balaban J connectivity index is 0.00000280. The topological polar surface area (TPSA) is 92.5 Å². The van der Waals surface area contributed by atoms with Crippen LogP contribution in [0.15, 0.2) is 48.5 Å². The van der Waals surface area contributed by atoms with Gasteiger partial charge < -0.3 is 11.1 Å². The fourth-order valence-corrected chi connectivity index (χ4v) is 3.04. The summed E-state index contributed by atoms with van der Waals surface area (Å²) in [5, 5.41) is 2.78. The van der Waals surface area contributed by atoms with Crippen molar-refractivity contribution < 1.29 is 14.4 Å². The van der Waals surface area contributed by atoms with Gasteiger partial charge in [0.15, 0.2) is 0 Å². The summed E-state index contributed by atoms with van der Waals surface area (Å²) in [6, 6.07) is 14.3. The molecule has 0 spiro atoms. The van der Waals surface area contributed by atoms with Crippen molar-refractivity contribution in [3.8, 4) is 0 Å². The molecule has 1 aliphatic rings. The highest BCUT2D eigenvalue weighted by atomic mass is 35.5. The van der Waals surface area contributed by atoms with Crippen molar-refractivity contribution in [3.63, 3.8) is 0 Å². The maximum absolute atomic E-state index is 12.7. The lowest BCUT2D eigenvalue weighted by Crippen LogP contribution is -2.31. The molecule has 0 aromatic heterocycles. The molecule has 1 atom stereocenters. The van der Waals surface area contributed by atoms with Crippen LogP contribution in [0, 0.1) is 0 Å². The number of hydrogen-bond donors (Lipinski definition) is 2. The summed E-state index contributed by atoms with van der Waals surface area (Å²) in [7, 11) is 0. The van der Waals surface area contributed by atoms with Gasteiger partial charge in [-0.25, -0.2) is 0 Å². The predicted molar refractivity (Wildman–Crippen MR) is 110 cm³/mol. The average molecular weight is 402 g/mol. The van der Waals surface area contributed by atoms with E-state index in [4.69, 9.17) is 5.73 Å². The number of rotatable bonds is 7. The van der Waals surface area contributed by atoms with Crippen molar-refractivity contribution in [3.05, 3.63) is 70.8 Å². The Hall–Kier alpha value is -2.70. The molecule has 0 saturated carbocycles. The van der Waals surface area contributed by atoms with Crippen molar-refractivity contribution in [2.24, 2.45) is 5.73 Å². The smallest absolute Gasteiger partial charge is 0.261 e. The third-order valence-corrected chi connectivity index (χ3v) is 4.59. The number of amides is 3. The van der Waals surface area contributed by atoms with Crippen LogP contribution in [0.4, 0.5) is 0 Å². The monoisotopic (exact) mass is 401 g/mol. The number of halogens is 1. The van der Waals surface area contributed by atoms with Gasteiger partial charge in [0.2, 0.25) is 0 Å². The van der Waals surface area contributed by atoms with Crippen molar-refractivity contribution >= 4 is 30.1 Å². The maximum Gasteiger partial charge on any atom is 0.261 e. The van der Waals surface area contributed by atoms with Gasteiger partial charge in [-0.05, 0) is 43.5 Å². The lowest BCUT2D eigenvalue weighted by atomic mass is 10.1. The highest BCUT2D eigenvalue weighted by Crippen LogP contribution is 2.24. The molecule has 1 unspecified atom stereocenters. The van der Waals surface area contributed by atoms with Crippen molar-refractivity contribution in [1.29, 1.82) is 0 Å². The van der Waals surface area contributed by atoms with Crippen LogP contribution in [0.1, 0.15) is 50.0 Å². The Labute approximate surface area is 170 Å². The molecule has 2 aromatic rings. The SMILES string of the molecule is CC(N)CCNC(=O)c1ccc2c(c1)C(=O)N(CCc1ccccc1)C2=O.Cl. The van der Waals surface area contributed by atoms with Gasteiger partial charge in [0.05, 0.1) is 11.1 Å². The van der Waals surface area contributed by atoms with E-state index >= 15 is 0 Å². The molecule has 7 heteroatoms. The van der Waals surface area contributed by atoms with Gasteiger partial charge in [-0.2, -0.15) is 0 Å². The molecule has 0 bridgehead atoms. The molecule has 3 N–H and O–H groups in total. The van der Waals surface area contributed by atoms with Crippen molar-refractivity contribution in [2.45, 2.75) is 25.8 Å². The first-order valence-electron chi connectivity index (χ1n) is 9.05. The highest BCUT2D eigenvalue weighted by molar-refractivity contribution is 6.22. The van der Waals surface area contributed by atoms with Crippen molar-refractivity contribution in [2.75, 3.05) is 13.1 Å². The molecule has 0 saturated heterocycles. The van der Waals surface area contributed by atoms with E-state index in [1.165, 1.54) is 11.0 Å². The summed E-state index contributed by atoms with van der Waals surface area (Å²) in [6.07, 6.45) is 1.26. The van der Waals surface area contributed by atoms with Crippen LogP contribution in [0.25, 0.3) is 0 Å². The number of carbonyl (C=O) groups excluding carboxylic acids is 3. The number of benzene rings is 2. The van der Waals surface area contributed by atoms with Crippen LogP contribution in [0.3, 0.4) is 0 Å². The van der Waals surface area contributed by atoms with Gasteiger partial charge in [0, 0.05) is 24.7 Å². The summed E-state index contributed by atoms with van der Waals surface area (Å²) in [4.78, 5) is 38.7. The third-order valence-electron chi connectivity index (χ3n) is 4.59. The van der Waals surface area contributed by atoms with Gasteiger partial charge in [-0.3, -0.25) is 19.3 Å². The Kier molecular flexibility index (Phi) is 7.31. The molecule has 2 aromatic carbocycles. The molecule has 3 rings (SSSR count). The molecule has 1 aliphatic heterocycles. The summed E-state index contributed by atoms with van der Waals surface area (Å²) in [5.41, 5.74) is 7.73. The lowest BCUT2D eigenvalue weighted by Gasteiger charge is -2.13. The summed E-state index contributed by atoms with van der Waals surface area (Å²) < 4.78 is 0. The van der Waals surface area contributed by atoms with Crippen LogP contribution in [0.2, 0.25) is 0 Å². The minimum Gasteiger partial charge on any atom is -0.352 e. The number of hydrogen-bond acceptors (Lipinski definition) is 4. The second-order valence-corrected chi connectivity index (χ2v) is 6.78. The van der Waals surface area contributed by atoms with Crippen molar-refractivity contribution in [1.82, 2.24) is 10.2 Å². The van der Waals surface area contributed by atoms with E-state index in [1.54, 1.807) is 12.1 Å². The quantitative estimate of drug-likeness (QED) is 0.697. The van der Waals surface area contributed by atoms with Gasteiger partial charge in [0.1, 0.15) is 0 Å². The van der Waals surface area contributed by atoms with Gasteiger partial charge in [0.25, 0.3) is 17.7 Å². The standard InChI is InChI=1S/C21H23N3O3.ClH/c1-14(22)9-11-23-19(25)16-7-8-17-18(13-16)21(27)24(20(17)26)12-10-15-5-3-2-4-6-15;/h2-8,13-14H,9-12,22H2,1H3,(H,23,25);1H. The molecule has 148 valence electrons.